The summed E-state index contributed by atoms with van der Waals surface area (Å²) in [6.07, 6.45) is 1.70. The Morgan fingerprint density at radius 1 is 1.14 bits per heavy atom. The second kappa shape index (κ2) is 9.98. The van der Waals surface area contributed by atoms with E-state index in [-0.39, 0.29) is 23.6 Å². The quantitative estimate of drug-likeness (QED) is 0.537. The predicted molar refractivity (Wildman–Crippen MR) is 134 cm³/mol. The van der Waals surface area contributed by atoms with Crippen LogP contribution in [0.5, 0.6) is 11.5 Å². The molecule has 0 unspecified atom stereocenters. The summed E-state index contributed by atoms with van der Waals surface area (Å²) in [7, 11) is 0. The molecule has 0 saturated carbocycles. The molecule has 4 rings (SSSR count). The molecule has 1 atom stereocenters. The van der Waals surface area contributed by atoms with Gasteiger partial charge in [0.05, 0.1) is 18.8 Å². The number of esters is 1. The minimum absolute atomic E-state index is 0.0156. The number of phenols is 1. The van der Waals surface area contributed by atoms with Gasteiger partial charge in [-0.25, -0.2) is 4.79 Å². The van der Waals surface area contributed by atoms with E-state index < -0.39 is 11.9 Å². The van der Waals surface area contributed by atoms with Gasteiger partial charge >= 0.3 is 5.97 Å². The number of dihydropyridines is 1. The standard InChI is InChI=1S/C29H33NO5/c1-5-34-24-15-20(11-12-22(24)31)26-25(28(33)35-14-13-19-9-7-6-8-10-19)18(2)30-21-16-29(3,4)17-23(32)27(21)26/h6-12,15,26,30-31H,5,13-14,16-17H2,1-4H3/t26-/m0/s1. The summed E-state index contributed by atoms with van der Waals surface area (Å²) in [5.41, 5.74) is 4.15. The second-order valence-electron chi connectivity index (χ2n) is 9.96. The molecule has 6 heteroatoms. The lowest BCUT2D eigenvalue weighted by Gasteiger charge is -2.39. The van der Waals surface area contributed by atoms with E-state index in [2.05, 4.69) is 19.2 Å². The molecule has 1 aliphatic carbocycles. The van der Waals surface area contributed by atoms with Crippen molar-refractivity contribution in [2.45, 2.75) is 52.9 Å². The van der Waals surface area contributed by atoms with Crippen molar-refractivity contribution in [3.63, 3.8) is 0 Å². The van der Waals surface area contributed by atoms with Gasteiger partial charge in [0.15, 0.2) is 17.3 Å². The monoisotopic (exact) mass is 475 g/mol. The maximum Gasteiger partial charge on any atom is 0.336 e. The summed E-state index contributed by atoms with van der Waals surface area (Å²) in [6.45, 7) is 8.45. The van der Waals surface area contributed by atoms with Crippen molar-refractivity contribution in [2.75, 3.05) is 13.2 Å². The molecule has 0 spiro atoms. The first kappa shape index (κ1) is 24.6. The highest BCUT2D eigenvalue weighted by Gasteiger charge is 2.43. The number of carbonyl (C=O) groups is 2. The highest BCUT2D eigenvalue weighted by atomic mass is 16.5. The van der Waals surface area contributed by atoms with Gasteiger partial charge in [-0.2, -0.15) is 0 Å². The van der Waals surface area contributed by atoms with Crippen molar-refractivity contribution in [3.8, 4) is 11.5 Å². The predicted octanol–water partition coefficient (Wildman–Crippen LogP) is 5.18. The summed E-state index contributed by atoms with van der Waals surface area (Å²) in [5.74, 6) is -0.696. The SMILES string of the molecule is CCOc1cc([C@H]2C(C(=O)OCCc3ccccc3)=C(C)NC3=C2C(=O)CC(C)(C)C3)ccc1O. The Bertz CT molecular complexity index is 1190. The molecule has 35 heavy (non-hydrogen) atoms. The Balaban J connectivity index is 1.71. The fourth-order valence-electron chi connectivity index (χ4n) is 5.01. The zero-order valence-electron chi connectivity index (χ0n) is 20.8. The number of hydrogen-bond acceptors (Lipinski definition) is 6. The Morgan fingerprint density at radius 3 is 2.60 bits per heavy atom. The maximum absolute atomic E-state index is 13.4. The molecule has 2 N–H and O–H groups in total. The third-order valence-electron chi connectivity index (χ3n) is 6.54. The van der Waals surface area contributed by atoms with E-state index in [0.717, 1.165) is 11.3 Å². The third kappa shape index (κ3) is 5.26. The summed E-state index contributed by atoms with van der Waals surface area (Å²) in [4.78, 5) is 26.9. The van der Waals surface area contributed by atoms with Gasteiger partial charge < -0.3 is 19.9 Å². The highest BCUT2D eigenvalue weighted by Crippen LogP contribution is 2.47. The van der Waals surface area contributed by atoms with E-state index in [1.807, 2.05) is 44.2 Å². The minimum atomic E-state index is -0.598. The van der Waals surface area contributed by atoms with E-state index in [9.17, 15) is 14.7 Å². The Kier molecular flexibility index (Phi) is 7.01. The van der Waals surface area contributed by atoms with Crippen molar-refractivity contribution in [2.24, 2.45) is 5.41 Å². The van der Waals surface area contributed by atoms with Crippen LogP contribution in [0.1, 0.15) is 57.6 Å². The normalized spacial score (nSPS) is 19.2. The molecule has 184 valence electrons. The molecule has 0 radical (unpaired) electrons. The number of ether oxygens (including phenoxy) is 2. The number of aromatic hydroxyl groups is 1. The second-order valence-corrected chi connectivity index (χ2v) is 9.96. The van der Waals surface area contributed by atoms with Crippen LogP contribution in [0.4, 0.5) is 0 Å². The van der Waals surface area contributed by atoms with Crippen molar-refractivity contribution >= 4 is 11.8 Å². The lowest BCUT2D eigenvalue weighted by atomic mass is 9.68. The molecular formula is C29H33NO5. The van der Waals surface area contributed by atoms with Gasteiger partial charge in [0, 0.05) is 35.7 Å². The van der Waals surface area contributed by atoms with E-state index in [0.29, 0.717) is 54.0 Å². The fraction of sp³-hybridized carbons (Fsp3) is 0.379. The van der Waals surface area contributed by atoms with Gasteiger partial charge in [0.1, 0.15) is 0 Å². The largest absolute Gasteiger partial charge is 0.504 e. The van der Waals surface area contributed by atoms with Crippen LogP contribution >= 0.6 is 0 Å². The van der Waals surface area contributed by atoms with Gasteiger partial charge in [-0.1, -0.05) is 50.2 Å². The van der Waals surface area contributed by atoms with Crippen LogP contribution in [0, 0.1) is 5.41 Å². The molecule has 0 saturated heterocycles. The van der Waals surface area contributed by atoms with Gasteiger partial charge in [-0.05, 0) is 48.9 Å². The van der Waals surface area contributed by atoms with Crippen LogP contribution in [0.15, 0.2) is 71.1 Å². The van der Waals surface area contributed by atoms with Crippen LogP contribution in [0.25, 0.3) is 0 Å². The molecule has 0 bridgehead atoms. The molecule has 0 amide bonds. The topological polar surface area (TPSA) is 84.9 Å². The number of hydrogen-bond donors (Lipinski definition) is 2. The number of allylic oxidation sites excluding steroid dienone is 3. The number of Topliss-reactive ketones (excluding diaryl/α,β-unsaturated/α-hetero) is 1. The lowest BCUT2D eigenvalue weighted by molar-refractivity contribution is -0.139. The fourth-order valence-corrected chi connectivity index (χ4v) is 5.01. The van der Waals surface area contributed by atoms with Crippen LogP contribution in [0.2, 0.25) is 0 Å². The molecule has 2 aliphatic rings. The smallest absolute Gasteiger partial charge is 0.336 e. The Morgan fingerprint density at radius 2 is 1.89 bits per heavy atom. The van der Waals surface area contributed by atoms with Crippen LogP contribution in [0.3, 0.4) is 0 Å². The first-order valence-electron chi connectivity index (χ1n) is 12.1. The van der Waals surface area contributed by atoms with Crippen molar-refractivity contribution in [3.05, 3.63) is 82.2 Å². The average molecular weight is 476 g/mol. The Labute approximate surface area is 206 Å². The first-order chi connectivity index (χ1) is 16.7. The van der Waals surface area contributed by atoms with E-state index in [1.165, 1.54) is 0 Å². The highest BCUT2D eigenvalue weighted by molar-refractivity contribution is 6.04. The van der Waals surface area contributed by atoms with E-state index in [4.69, 9.17) is 9.47 Å². The zero-order chi connectivity index (χ0) is 25.2. The molecule has 2 aromatic carbocycles. The summed E-state index contributed by atoms with van der Waals surface area (Å²) in [5, 5.41) is 13.6. The Hall–Kier alpha value is -3.54. The van der Waals surface area contributed by atoms with Crippen LogP contribution < -0.4 is 10.1 Å². The summed E-state index contributed by atoms with van der Waals surface area (Å²) < 4.78 is 11.3. The lowest BCUT2D eigenvalue weighted by Crippen LogP contribution is -2.38. The van der Waals surface area contributed by atoms with Crippen molar-refractivity contribution in [1.29, 1.82) is 0 Å². The van der Waals surface area contributed by atoms with Gasteiger partial charge in [-0.3, -0.25) is 4.79 Å². The minimum Gasteiger partial charge on any atom is -0.504 e. The summed E-state index contributed by atoms with van der Waals surface area (Å²) in [6, 6.07) is 14.9. The number of phenolic OH excluding ortho intramolecular Hbond substituents is 1. The molecule has 1 aliphatic heterocycles. The van der Waals surface area contributed by atoms with Gasteiger partial charge in [0.25, 0.3) is 0 Å². The molecular weight excluding hydrogens is 442 g/mol. The first-order valence-corrected chi connectivity index (χ1v) is 12.1. The average Bonchev–Trinajstić information content (AvgIpc) is 2.79. The number of ketones is 1. The maximum atomic E-state index is 13.4. The van der Waals surface area contributed by atoms with Crippen LogP contribution in [-0.2, 0) is 20.7 Å². The van der Waals surface area contributed by atoms with Crippen molar-refractivity contribution in [1.82, 2.24) is 5.32 Å². The number of carbonyl (C=O) groups excluding carboxylic acids is 2. The van der Waals surface area contributed by atoms with Crippen molar-refractivity contribution < 1.29 is 24.2 Å². The number of nitrogens with one attached hydrogen (secondary N) is 1. The van der Waals surface area contributed by atoms with E-state index in [1.54, 1.807) is 18.2 Å². The van der Waals surface area contributed by atoms with Crippen LogP contribution in [-0.4, -0.2) is 30.1 Å². The molecule has 2 aromatic rings. The molecule has 6 nitrogen and oxygen atoms in total. The van der Waals surface area contributed by atoms with Gasteiger partial charge in [-0.15, -0.1) is 0 Å². The summed E-state index contributed by atoms with van der Waals surface area (Å²) >= 11 is 0. The number of benzene rings is 2. The third-order valence-corrected chi connectivity index (χ3v) is 6.54. The zero-order valence-corrected chi connectivity index (χ0v) is 20.8. The molecule has 0 aromatic heterocycles. The van der Waals surface area contributed by atoms with Gasteiger partial charge in [0.2, 0.25) is 0 Å². The van der Waals surface area contributed by atoms with E-state index >= 15 is 0 Å². The molecule has 0 fully saturated rings. The number of rotatable bonds is 7. The molecule has 1 heterocycles.